The maximum Gasteiger partial charge on any atom is 0.355 e. The second kappa shape index (κ2) is 12.1. The lowest BCUT2D eigenvalue weighted by Crippen LogP contribution is -2.35. The summed E-state index contributed by atoms with van der Waals surface area (Å²) < 4.78 is 46.3. The highest BCUT2D eigenvalue weighted by atomic mass is 32.1. The van der Waals surface area contributed by atoms with E-state index in [-0.39, 0.29) is 24.5 Å². The lowest BCUT2D eigenvalue weighted by atomic mass is 10.2. The number of esters is 2. The molecule has 186 valence electrons. The van der Waals surface area contributed by atoms with Crippen LogP contribution in [0.2, 0.25) is 0 Å². The molecule has 3 atom stereocenters. The first kappa shape index (κ1) is 26.6. The van der Waals surface area contributed by atoms with Crippen molar-refractivity contribution in [1.82, 2.24) is 5.09 Å². The number of halogens is 1. The number of benzene rings is 2. The van der Waals surface area contributed by atoms with Crippen LogP contribution in [0, 0.1) is 0 Å². The van der Waals surface area contributed by atoms with Crippen LogP contribution in [-0.4, -0.2) is 31.2 Å². The number of thiophene rings is 1. The van der Waals surface area contributed by atoms with Gasteiger partial charge >= 0.3 is 19.5 Å². The number of ether oxygens (including phenoxy) is 2. The zero-order chi connectivity index (χ0) is 25.4. The van der Waals surface area contributed by atoms with Gasteiger partial charge in [0.05, 0.1) is 6.61 Å². The van der Waals surface area contributed by atoms with Gasteiger partial charge in [-0.2, -0.15) is 0 Å². The number of fused-ring (bicyclic) bond motifs is 1. The lowest BCUT2D eigenvalue weighted by Gasteiger charge is -2.26. The number of nitrogens with one attached hydrogen (secondary N) is 1. The van der Waals surface area contributed by atoms with Gasteiger partial charge in [-0.3, -0.25) is 9.36 Å². The fourth-order valence-corrected chi connectivity index (χ4v) is 5.99. The zero-order valence-corrected chi connectivity index (χ0v) is 21.2. The zero-order valence-electron chi connectivity index (χ0n) is 19.4. The van der Waals surface area contributed by atoms with Gasteiger partial charge in [0.2, 0.25) is 5.91 Å². The molecule has 0 fully saturated rings. The van der Waals surface area contributed by atoms with E-state index in [1.54, 1.807) is 42.5 Å². The minimum atomic E-state index is -4.32. The lowest BCUT2D eigenvalue weighted by molar-refractivity contribution is -0.145. The Labute approximate surface area is 207 Å². The molecular weight excluding hydrogens is 492 g/mol. The predicted octanol–water partition coefficient (Wildman–Crippen LogP) is 6.42. The largest absolute Gasteiger partial charge is 0.465 e. The van der Waals surface area contributed by atoms with Gasteiger partial charge in [-0.1, -0.05) is 43.8 Å². The third kappa shape index (κ3) is 6.78. The molecule has 0 aliphatic carbocycles. The highest BCUT2D eigenvalue weighted by molar-refractivity contribution is 7.57. The van der Waals surface area contributed by atoms with Crippen LogP contribution in [-0.2, 0) is 18.8 Å². The number of hydrogen-bond donors (Lipinski definition) is 1. The predicted molar refractivity (Wildman–Crippen MR) is 135 cm³/mol. The summed E-state index contributed by atoms with van der Waals surface area (Å²) in [5, 5.41) is 3.13. The molecule has 10 heteroatoms. The fourth-order valence-electron chi connectivity index (χ4n) is 3.14. The van der Waals surface area contributed by atoms with Gasteiger partial charge < -0.3 is 14.0 Å². The number of para-hydroxylation sites is 1. The standard InChI is InChI=1S/C25H27FNO6PS/c1-4-13-31-24(28)17(3)27-34(30,33-20-9-7-6-8-10-20)23(26)18-11-12-21-19(15-18)16-22(35-21)25(29)32-14-5-2/h5-12,15-17,23H,2,4,13-14H2,1,3H3,(H,27,30)/t17-,23+,34-/m0/s1. The topological polar surface area (TPSA) is 90.9 Å². The average Bonchev–Trinajstić information content (AvgIpc) is 3.29. The monoisotopic (exact) mass is 519 g/mol. The van der Waals surface area contributed by atoms with Crippen molar-refractivity contribution in [1.29, 1.82) is 0 Å². The Morgan fingerprint density at radius 1 is 1.17 bits per heavy atom. The Bertz CT molecular complexity index is 1230. The van der Waals surface area contributed by atoms with E-state index in [2.05, 4.69) is 11.7 Å². The summed E-state index contributed by atoms with van der Waals surface area (Å²) in [6, 6.07) is 13.3. The van der Waals surface area contributed by atoms with Gasteiger partial charge in [0.15, 0.2) is 0 Å². The Balaban J connectivity index is 1.91. The SMILES string of the molecule is C=CCOC(=O)c1cc2cc([C@H](F)[P@@](=O)(N[C@@H](C)C(=O)OCCC)Oc3ccccc3)ccc2s1. The second-order valence-electron chi connectivity index (χ2n) is 7.65. The maximum atomic E-state index is 15.9. The number of alkyl halides is 1. The molecule has 2 aromatic carbocycles. The van der Waals surface area contributed by atoms with E-state index in [0.717, 1.165) is 4.70 Å². The van der Waals surface area contributed by atoms with E-state index >= 15 is 4.39 Å². The first-order valence-electron chi connectivity index (χ1n) is 11.0. The van der Waals surface area contributed by atoms with E-state index in [1.165, 1.54) is 36.5 Å². The molecule has 1 N–H and O–H groups in total. The Morgan fingerprint density at radius 3 is 2.60 bits per heavy atom. The number of carbonyl (C=O) groups is 2. The van der Waals surface area contributed by atoms with E-state index in [9.17, 15) is 14.2 Å². The maximum absolute atomic E-state index is 15.9. The minimum absolute atomic E-state index is 0.0715. The molecule has 3 rings (SSSR count). The van der Waals surface area contributed by atoms with Crippen LogP contribution < -0.4 is 9.61 Å². The first-order valence-corrected chi connectivity index (χ1v) is 13.5. The molecule has 0 spiro atoms. The molecule has 3 aromatic rings. The molecule has 7 nitrogen and oxygen atoms in total. The van der Waals surface area contributed by atoms with Crippen molar-refractivity contribution >= 4 is 40.9 Å². The summed E-state index contributed by atoms with van der Waals surface area (Å²) in [6.07, 6.45) is 2.08. The molecule has 1 heterocycles. The first-order chi connectivity index (χ1) is 16.8. The van der Waals surface area contributed by atoms with Crippen molar-refractivity contribution in [2.45, 2.75) is 32.2 Å². The summed E-state index contributed by atoms with van der Waals surface area (Å²) in [6.45, 7) is 7.07. The number of hydrogen-bond acceptors (Lipinski definition) is 7. The van der Waals surface area contributed by atoms with Crippen LogP contribution in [0.4, 0.5) is 4.39 Å². The average molecular weight is 520 g/mol. The number of rotatable bonds is 12. The van der Waals surface area contributed by atoms with Gasteiger partial charge in [0.25, 0.3) is 0 Å². The molecule has 0 bridgehead atoms. The smallest absolute Gasteiger partial charge is 0.355 e. The van der Waals surface area contributed by atoms with Crippen LogP contribution in [0.5, 0.6) is 5.75 Å². The Kier molecular flexibility index (Phi) is 9.20. The van der Waals surface area contributed by atoms with Crippen LogP contribution in [0.25, 0.3) is 10.1 Å². The van der Waals surface area contributed by atoms with Crippen molar-refractivity contribution in [2.75, 3.05) is 13.2 Å². The molecule has 0 aliphatic heterocycles. The fraction of sp³-hybridized carbons (Fsp3) is 0.280. The molecule has 0 aliphatic rings. The molecule has 35 heavy (non-hydrogen) atoms. The molecular formula is C25H27FNO6PS. The third-order valence-corrected chi connectivity index (χ3v) is 8.03. The summed E-state index contributed by atoms with van der Waals surface area (Å²) in [5.74, 6) is -3.09. The molecule has 0 saturated carbocycles. The van der Waals surface area contributed by atoms with E-state index in [0.29, 0.717) is 16.7 Å². The van der Waals surface area contributed by atoms with Gasteiger partial charge in [-0.05, 0) is 54.6 Å². The number of carbonyl (C=O) groups excluding carboxylic acids is 2. The normalized spacial score (nSPS) is 14.5. The summed E-state index contributed by atoms with van der Waals surface area (Å²) in [5.41, 5.74) is 0.0715. The van der Waals surface area contributed by atoms with Crippen LogP contribution in [0.15, 0.2) is 67.3 Å². The quantitative estimate of drug-likeness (QED) is 0.168. The summed E-state index contributed by atoms with van der Waals surface area (Å²) in [4.78, 5) is 24.8. The third-order valence-electron chi connectivity index (χ3n) is 4.81. The van der Waals surface area contributed by atoms with Gasteiger partial charge in [0.1, 0.15) is 23.3 Å². The van der Waals surface area contributed by atoms with Crippen molar-refractivity contribution in [3.63, 3.8) is 0 Å². The van der Waals surface area contributed by atoms with Crippen molar-refractivity contribution in [3.8, 4) is 5.75 Å². The highest BCUT2D eigenvalue weighted by Gasteiger charge is 2.40. The second-order valence-corrected chi connectivity index (χ2v) is 10.8. The van der Waals surface area contributed by atoms with E-state index < -0.39 is 31.4 Å². The van der Waals surface area contributed by atoms with Crippen LogP contribution >= 0.6 is 18.9 Å². The molecule has 0 unspecified atom stereocenters. The Morgan fingerprint density at radius 2 is 1.91 bits per heavy atom. The van der Waals surface area contributed by atoms with E-state index in [1.807, 2.05) is 6.92 Å². The minimum Gasteiger partial charge on any atom is -0.465 e. The molecule has 0 saturated heterocycles. The van der Waals surface area contributed by atoms with Gasteiger partial charge in [0, 0.05) is 4.70 Å². The summed E-state index contributed by atoms with van der Waals surface area (Å²) in [7, 11) is -4.32. The van der Waals surface area contributed by atoms with Crippen molar-refractivity contribution in [2.24, 2.45) is 0 Å². The van der Waals surface area contributed by atoms with E-state index in [4.69, 9.17) is 14.0 Å². The van der Waals surface area contributed by atoms with Gasteiger partial charge in [-0.25, -0.2) is 14.3 Å². The molecule has 0 amide bonds. The molecule has 0 radical (unpaired) electrons. The highest BCUT2D eigenvalue weighted by Crippen LogP contribution is 2.58. The van der Waals surface area contributed by atoms with Crippen molar-refractivity contribution < 1.29 is 32.5 Å². The molecule has 1 aromatic heterocycles. The summed E-state index contributed by atoms with van der Waals surface area (Å²) >= 11 is 1.20. The van der Waals surface area contributed by atoms with Crippen LogP contribution in [0.3, 0.4) is 0 Å². The van der Waals surface area contributed by atoms with Gasteiger partial charge in [-0.15, -0.1) is 11.3 Å². The Hall–Kier alpha value is -3.00. The van der Waals surface area contributed by atoms with Crippen molar-refractivity contribution in [3.05, 3.63) is 77.7 Å². The van der Waals surface area contributed by atoms with Crippen LogP contribution in [0.1, 0.15) is 41.4 Å².